The maximum Gasteiger partial charge on any atom is 0.321 e. The highest BCUT2D eigenvalue weighted by Gasteiger charge is 2.24. The normalized spacial score (nSPS) is 17.4. The Morgan fingerprint density at radius 2 is 1.69 bits per heavy atom. The zero-order valence-electron chi connectivity index (χ0n) is 17.1. The molecule has 0 spiro atoms. The summed E-state index contributed by atoms with van der Waals surface area (Å²) >= 11 is 0. The average Bonchev–Trinajstić information content (AvgIpc) is 2.75. The number of nitrogens with one attached hydrogen (secondary N) is 1. The quantitative estimate of drug-likeness (QED) is 0.858. The molecule has 154 valence electrons. The summed E-state index contributed by atoms with van der Waals surface area (Å²) in [6.45, 7) is 9.87. The van der Waals surface area contributed by atoms with Crippen LogP contribution in [0.5, 0.6) is 0 Å². The molecule has 0 radical (unpaired) electrons. The number of carbonyl (C=O) groups is 1. The second-order valence-electron chi connectivity index (χ2n) is 7.49. The van der Waals surface area contributed by atoms with Gasteiger partial charge in [-0.3, -0.25) is 0 Å². The van der Waals surface area contributed by atoms with Gasteiger partial charge in [-0.15, -0.1) is 0 Å². The van der Waals surface area contributed by atoms with Crippen molar-refractivity contribution in [2.24, 2.45) is 0 Å². The van der Waals surface area contributed by atoms with E-state index in [2.05, 4.69) is 20.1 Å². The van der Waals surface area contributed by atoms with Gasteiger partial charge in [0.1, 0.15) is 5.82 Å². The molecular weight excluding hydrogens is 368 g/mol. The maximum atomic E-state index is 12.6. The highest BCUT2D eigenvalue weighted by molar-refractivity contribution is 5.90. The molecule has 29 heavy (non-hydrogen) atoms. The number of morpholine rings is 1. The lowest BCUT2D eigenvalue weighted by Crippen LogP contribution is -2.50. The predicted molar refractivity (Wildman–Crippen MR) is 114 cm³/mol. The van der Waals surface area contributed by atoms with Crippen LogP contribution in [0.4, 0.5) is 22.2 Å². The van der Waals surface area contributed by atoms with Crippen molar-refractivity contribution in [1.82, 2.24) is 14.9 Å². The number of aryl methyl sites for hydroxylation is 2. The Balaban J connectivity index is 1.38. The number of piperazine rings is 1. The fourth-order valence-corrected chi connectivity index (χ4v) is 3.65. The number of amides is 2. The Labute approximate surface area is 171 Å². The van der Waals surface area contributed by atoms with Crippen LogP contribution in [-0.4, -0.2) is 73.4 Å². The number of hydrogen-bond acceptors (Lipinski definition) is 6. The number of urea groups is 1. The van der Waals surface area contributed by atoms with Gasteiger partial charge in [-0.05, 0) is 25.5 Å². The van der Waals surface area contributed by atoms with E-state index in [1.54, 1.807) is 0 Å². The molecule has 0 aliphatic carbocycles. The first-order chi connectivity index (χ1) is 14.1. The minimum absolute atomic E-state index is 0.0573. The van der Waals surface area contributed by atoms with Crippen molar-refractivity contribution in [3.63, 3.8) is 0 Å². The maximum absolute atomic E-state index is 12.6. The molecule has 0 atom stereocenters. The molecule has 0 bridgehead atoms. The first kappa shape index (κ1) is 19.4. The minimum atomic E-state index is -0.0573. The van der Waals surface area contributed by atoms with Crippen LogP contribution in [-0.2, 0) is 4.74 Å². The Morgan fingerprint density at radius 3 is 2.41 bits per heavy atom. The monoisotopic (exact) mass is 396 g/mol. The lowest BCUT2D eigenvalue weighted by Gasteiger charge is -2.35. The zero-order valence-corrected chi connectivity index (χ0v) is 17.1. The van der Waals surface area contributed by atoms with Crippen LogP contribution in [0, 0.1) is 13.8 Å². The van der Waals surface area contributed by atoms with Crippen LogP contribution >= 0.6 is 0 Å². The standard InChI is InChI=1S/C21H28N6O2/c1-16-5-3-4-6-18(16)23-21(28)27-9-7-26(8-10-27)20-22-17(2)15-19(24-20)25-11-13-29-14-12-25/h3-6,15H,7-14H2,1-2H3,(H,23,28). The van der Waals surface area contributed by atoms with Gasteiger partial charge in [0.05, 0.1) is 13.2 Å². The number of ether oxygens (including phenoxy) is 1. The highest BCUT2D eigenvalue weighted by atomic mass is 16.5. The second kappa shape index (κ2) is 8.65. The lowest BCUT2D eigenvalue weighted by atomic mass is 10.2. The van der Waals surface area contributed by atoms with E-state index in [-0.39, 0.29) is 6.03 Å². The molecule has 2 amide bonds. The summed E-state index contributed by atoms with van der Waals surface area (Å²) in [5.74, 6) is 1.70. The van der Waals surface area contributed by atoms with Crippen molar-refractivity contribution in [3.8, 4) is 0 Å². The van der Waals surface area contributed by atoms with Gasteiger partial charge in [0.15, 0.2) is 0 Å². The van der Waals surface area contributed by atoms with Crippen LogP contribution < -0.4 is 15.1 Å². The summed E-state index contributed by atoms with van der Waals surface area (Å²) in [6.07, 6.45) is 0. The third kappa shape index (κ3) is 4.59. The molecule has 0 unspecified atom stereocenters. The number of carbonyl (C=O) groups excluding carboxylic acids is 1. The van der Waals surface area contributed by atoms with Gasteiger partial charge in [-0.2, -0.15) is 4.98 Å². The fraction of sp³-hybridized carbons (Fsp3) is 0.476. The second-order valence-corrected chi connectivity index (χ2v) is 7.49. The zero-order chi connectivity index (χ0) is 20.2. The topological polar surface area (TPSA) is 73.8 Å². The number of hydrogen-bond donors (Lipinski definition) is 1. The van der Waals surface area contributed by atoms with Gasteiger partial charge in [-0.1, -0.05) is 18.2 Å². The summed E-state index contributed by atoms with van der Waals surface area (Å²) in [5, 5.41) is 3.01. The average molecular weight is 396 g/mol. The fourth-order valence-electron chi connectivity index (χ4n) is 3.65. The SMILES string of the molecule is Cc1cc(N2CCOCC2)nc(N2CCN(C(=O)Nc3ccccc3C)CC2)n1. The van der Waals surface area contributed by atoms with E-state index in [0.717, 1.165) is 55.0 Å². The van der Waals surface area contributed by atoms with Crippen LogP contribution in [0.2, 0.25) is 0 Å². The summed E-state index contributed by atoms with van der Waals surface area (Å²) in [6, 6.07) is 9.79. The van der Waals surface area contributed by atoms with E-state index in [9.17, 15) is 4.79 Å². The first-order valence-corrected chi connectivity index (χ1v) is 10.1. The molecule has 8 heteroatoms. The first-order valence-electron chi connectivity index (χ1n) is 10.1. The molecule has 2 aromatic rings. The third-order valence-electron chi connectivity index (χ3n) is 5.40. The van der Waals surface area contributed by atoms with Crippen LogP contribution in [0.1, 0.15) is 11.3 Å². The Hall–Kier alpha value is -2.87. The Kier molecular flexibility index (Phi) is 5.80. The number of rotatable bonds is 3. The molecule has 1 aromatic heterocycles. The summed E-state index contributed by atoms with van der Waals surface area (Å²) < 4.78 is 5.44. The van der Waals surface area contributed by atoms with Crippen molar-refractivity contribution in [3.05, 3.63) is 41.6 Å². The van der Waals surface area contributed by atoms with E-state index in [1.165, 1.54) is 0 Å². The molecule has 1 aromatic carbocycles. The molecule has 2 fully saturated rings. The molecule has 2 saturated heterocycles. The molecular formula is C21H28N6O2. The third-order valence-corrected chi connectivity index (χ3v) is 5.40. The Morgan fingerprint density at radius 1 is 0.966 bits per heavy atom. The van der Waals surface area contributed by atoms with Crippen LogP contribution in [0.25, 0.3) is 0 Å². The van der Waals surface area contributed by atoms with Crippen molar-refractivity contribution >= 4 is 23.5 Å². The molecule has 2 aliphatic heterocycles. The number of aromatic nitrogens is 2. The lowest BCUT2D eigenvalue weighted by molar-refractivity contribution is 0.122. The smallest absolute Gasteiger partial charge is 0.321 e. The van der Waals surface area contributed by atoms with E-state index < -0.39 is 0 Å². The van der Waals surface area contributed by atoms with E-state index in [1.807, 2.05) is 49.1 Å². The molecule has 2 aliphatic rings. The van der Waals surface area contributed by atoms with Gasteiger partial charge in [0, 0.05) is 56.7 Å². The van der Waals surface area contributed by atoms with Gasteiger partial charge in [-0.25, -0.2) is 9.78 Å². The van der Waals surface area contributed by atoms with Crippen molar-refractivity contribution in [1.29, 1.82) is 0 Å². The number of para-hydroxylation sites is 1. The van der Waals surface area contributed by atoms with E-state index in [0.29, 0.717) is 26.2 Å². The number of anilines is 3. The van der Waals surface area contributed by atoms with Crippen molar-refractivity contribution in [2.75, 3.05) is 67.6 Å². The van der Waals surface area contributed by atoms with Crippen molar-refractivity contribution in [2.45, 2.75) is 13.8 Å². The number of nitrogens with zero attached hydrogens (tertiary/aromatic N) is 5. The minimum Gasteiger partial charge on any atom is -0.378 e. The predicted octanol–water partition coefficient (Wildman–Crippen LogP) is 2.28. The van der Waals surface area contributed by atoms with Gasteiger partial charge in [0.25, 0.3) is 0 Å². The summed E-state index contributed by atoms with van der Waals surface area (Å²) in [5.41, 5.74) is 2.87. The Bertz CT molecular complexity index is 860. The summed E-state index contributed by atoms with van der Waals surface area (Å²) in [4.78, 5) is 28.3. The van der Waals surface area contributed by atoms with Crippen LogP contribution in [0.15, 0.2) is 30.3 Å². The summed E-state index contributed by atoms with van der Waals surface area (Å²) in [7, 11) is 0. The highest BCUT2D eigenvalue weighted by Crippen LogP contribution is 2.20. The van der Waals surface area contributed by atoms with E-state index >= 15 is 0 Å². The van der Waals surface area contributed by atoms with E-state index in [4.69, 9.17) is 9.72 Å². The molecule has 3 heterocycles. The van der Waals surface area contributed by atoms with Crippen LogP contribution in [0.3, 0.4) is 0 Å². The molecule has 8 nitrogen and oxygen atoms in total. The largest absolute Gasteiger partial charge is 0.378 e. The molecule has 4 rings (SSSR count). The number of benzene rings is 1. The van der Waals surface area contributed by atoms with Gasteiger partial charge >= 0.3 is 6.03 Å². The molecule has 0 saturated carbocycles. The van der Waals surface area contributed by atoms with Gasteiger partial charge in [0.2, 0.25) is 5.95 Å². The molecule has 1 N–H and O–H groups in total. The van der Waals surface area contributed by atoms with Crippen molar-refractivity contribution < 1.29 is 9.53 Å². The van der Waals surface area contributed by atoms with Gasteiger partial charge < -0.3 is 24.8 Å².